The Bertz CT molecular complexity index is 1770. The van der Waals surface area contributed by atoms with E-state index in [1.165, 1.54) is 18.2 Å². The minimum Gasteiger partial charge on any atom is -0.394 e. The number of sulfonamides is 1. The van der Waals surface area contributed by atoms with Crippen molar-refractivity contribution in [1.29, 1.82) is 0 Å². The maximum absolute atomic E-state index is 13.6. The molecular weight excluding hydrogens is 680 g/mol. The fourth-order valence-corrected chi connectivity index (χ4v) is 6.55. The number of benzene rings is 2. The molecule has 3 rings (SSSR count). The summed E-state index contributed by atoms with van der Waals surface area (Å²) in [6.07, 6.45) is -6.95. The largest absolute Gasteiger partial charge is 0.469 e. The molecule has 2 aromatic carbocycles. The van der Waals surface area contributed by atoms with E-state index in [1.807, 2.05) is 0 Å². The maximum Gasteiger partial charge on any atom is 0.469 e. The number of pyridine rings is 1. The number of aliphatic hydroxyl groups excluding tert-OH is 5. The first-order valence-electron chi connectivity index (χ1n) is 13.3. The van der Waals surface area contributed by atoms with Crippen LogP contribution in [0.5, 0.6) is 0 Å². The van der Waals surface area contributed by atoms with E-state index in [9.17, 15) is 42.8 Å². The lowest BCUT2D eigenvalue weighted by Crippen LogP contribution is -2.48. The molecule has 0 spiro atoms. The Morgan fingerprint density at radius 3 is 1.87 bits per heavy atom. The van der Waals surface area contributed by atoms with Crippen molar-refractivity contribution in [3.8, 4) is 0 Å². The van der Waals surface area contributed by atoms with Crippen LogP contribution in [0.3, 0.4) is 0 Å². The second-order valence-electron chi connectivity index (χ2n) is 10.0. The number of aryl methyl sites for hydroxylation is 1. The molecule has 1 aromatic heterocycles. The van der Waals surface area contributed by atoms with Crippen molar-refractivity contribution in [2.24, 2.45) is 7.05 Å². The van der Waals surface area contributed by atoms with Crippen molar-refractivity contribution in [3.05, 3.63) is 46.6 Å². The van der Waals surface area contributed by atoms with Gasteiger partial charge in [0.1, 0.15) is 18.3 Å². The second-order valence-corrected chi connectivity index (χ2v) is 14.4. The lowest BCUT2D eigenvalue weighted by atomic mass is 10.0. The normalized spacial score (nSPS) is 15.7. The van der Waals surface area contributed by atoms with Crippen LogP contribution in [0.1, 0.15) is 0 Å². The summed E-state index contributed by atoms with van der Waals surface area (Å²) >= 11 is 0. The summed E-state index contributed by atoms with van der Waals surface area (Å²) in [6, 6.07) is 8.13. The molecule has 0 aliphatic rings. The SMILES string of the molecule is Cn1c2ccc(NC[C@@H](O)C(O)[C@H](O)C(O)CO)cc2c(=O)c2cc(S(=O)(=O)N(CCOP(=O)(O)O)CCOP(=O)(O)O)ccc21. The average molecular weight is 716 g/mol. The van der Waals surface area contributed by atoms with Crippen LogP contribution >= 0.6 is 15.6 Å². The van der Waals surface area contributed by atoms with Gasteiger partial charge in [-0.25, -0.2) is 17.5 Å². The van der Waals surface area contributed by atoms with Gasteiger partial charge in [-0.2, -0.15) is 4.31 Å². The van der Waals surface area contributed by atoms with Gasteiger partial charge < -0.3 is 55.0 Å². The van der Waals surface area contributed by atoms with Gasteiger partial charge in [-0.15, -0.1) is 0 Å². The van der Waals surface area contributed by atoms with Gasteiger partial charge in [0, 0.05) is 43.1 Å². The average Bonchev–Trinajstić information content (AvgIpc) is 2.98. The molecule has 46 heavy (non-hydrogen) atoms. The van der Waals surface area contributed by atoms with Gasteiger partial charge in [-0.05, 0) is 36.4 Å². The van der Waals surface area contributed by atoms with Crippen molar-refractivity contribution >= 4 is 53.2 Å². The Hall–Kier alpha value is -2.36. The zero-order valence-corrected chi connectivity index (χ0v) is 26.7. The molecule has 22 heteroatoms. The van der Waals surface area contributed by atoms with Gasteiger partial charge in [0.15, 0.2) is 5.43 Å². The number of phosphoric ester groups is 2. The van der Waals surface area contributed by atoms with Crippen LogP contribution in [-0.2, 0) is 35.2 Å². The number of phosphoric acid groups is 2. The highest BCUT2D eigenvalue weighted by Gasteiger charge is 2.30. The first kappa shape index (κ1) is 38.1. The first-order chi connectivity index (χ1) is 21.3. The summed E-state index contributed by atoms with van der Waals surface area (Å²) in [7, 11) is -12.9. The third kappa shape index (κ3) is 9.60. The smallest absolute Gasteiger partial charge is 0.394 e. The van der Waals surface area contributed by atoms with E-state index in [0.29, 0.717) is 15.3 Å². The summed E-state index contributed by atoms with van der Waals surface area (Å²) in [6.45, 7) is -4.08. The third-order valence-electron chi connectivity index (χ3n) is 6.86. The first-order valence-corrected chi connectivity index (χ1v) is 17.8. The molecule has 0 fully saturated rings. The Kier molecular flexibility index (Phi) is 12.6. The summed E-state index contributed by atoms with van der Waals surface area (Å²) in [4.78, 5) is 49.0. The molecule has 0 saturated carbocycles. The number of anilines is 1. The minimum absolute atomic E-state index is 0.0531. The van der Waals surface area contributed by atoms with E-state index in [-0.39, 0.29) is 23.0 Å². The summed E-state index contributed by atoms with van der Waals surface area (Å²) in [5, 5.41) is 51.3. The molecule has 258 valence electrons. The molecule has 2 unspecified atom stereocenters. The fourth-order valence-electron chi connectivity index (χ4n) is 4.48. The van der Waals surface area contributed by atoms with Crippen LogP contribution < -0.4 is 10.7 Å². The van der Waals surface area contributed by atoms with E-state index in [1.54, 1.807) is 23.7 Å². The van der Waals surface area contributed by atoms with E-state index >= 15 is 0 Å². The van der Waals surface area contributed by atoms with Crippen LogP contribution in [0.15, 0.2) is 46.1 Å². The van der Waals surface area contributed by atoms with Gasteiger partial charge in [0.2, 0.25) is 10.0 Å². The number of hydrogen-bond donors (Lipinski definition) is 10. The van der Waals surface area contributed by atoms with Crippen molar-refractivity contribution < 1.29 is 71.7 Å². The molecule has 0 aliphatic carbocycles. The molecule has 0 bridgehead atoms. The molecule has 3 aromatic rings. The lowest BCUT2D eigenvalue weighted by molar-refractivity contribution is -0.111. The Labute approximate surface area is 261 Å². The van der Waals surface area contributed by atoms with Crippen LogP contribution in [0.4, 0.5) is 5.69 Å². The summed E-state index contributed by atoms with van der Waals surface area (Å²) in [5.74, 6) is 0. The number of nitrogens with one attached hydrogen (secondary N) is 1. The summed E-state index contributed by atoms with van der Waals surface area (Å²) in [5.41, 5.74) is 0.449. The number of fused-ring (bicyclic) bond motifs is 2. The highest BCUT2D eigenvalue weighted by molar-refractivity contribution is 7.89. The molecule has 1 heterocycles. The predicted molar refractivity (Wildman–Crippen MR) is 161 cm³/mol. The molecule has 4 atom stereocenters. The predicted octanol–water partition coefficient (Wildman–Crippen LogP) is -2.25. The maximum atomic E-state index is 13.6. The summed E-state index contributed by atoms with van der Waals surface area (Å²) < 4.78 is 60.1. The third-order valence-corrected chi connectivity index (χ3v) is 9.79. The van der Waals surface area contributed by atoms with Crippen molar-refractivity contribution in [3.63, 3.8) is 0 Å². The van der Waals surface area contributed by atoms with Gasteiger partial charge in [-0.3, -0.25) is 13.8 Å². The van der Waals surface area contributed by atoms with E-state index < -0.39 is 93.3 Å². The Morgan fingerprint density at radius 2 is 1.35 bits per heavy atom. The highest BCUT2D eigenvalue weighted by atomic mass is 32.2. The topological polar surface area (TPSA) is 306 Å². The number of aliphatic hydroxyl groups is 5. The Balaban J connectivity index is 1.97. The van der Waals surface area contributed by atoms with Gasteiger partial charge in [0.25, 0.3) is 0 Å². The molecule has 0 radical (unpaired) electrons. The number of rotatable bonds is 17. The van der Waals surface area contributed by atoms with Gasteiger partial charge in [0.05, 0.1) is 41.9 Å². The molecule has 0 aliphatic heterocycles. The molecule has 0 amide bonds. The van der Waals surface area contributed by atoms with Gasteiger partial charge >= 0.3 is 15.6 Å². The highest BCUT2D eigenvalue weighted by Crippen LogP contribution is 2.36. The van der Waals surface area contributed by atoms with E-state index in [2.05, 4.69) is 14.4 Å². The van der Waals surface area contributed by atoms with Crippen LogP contribution in [-0.4, -0.2) is 126 Å². The quantitative estimate of drug-likeness (QED) is 0.0521. The molecule has 0 saturated heterocycles. The lowest BCUT2D eigenvalue weighted by Gasteiger charge is -2.26. The van der Waals surface area contributed by atoms with Crippen LogP contribution in [0.2, 0.25) is 0 Å². The van der Waals surface area contributed by atoms with E-state index in [4.69, 9.17) is 24.7 Å². The number of aromatic nitrogens is 1. The van der Waals surface area contributed by atoms with Crippen molar-refractivity contribution in [1.82, 2.24) is 8.87 Å². The monoisotopic (exact) mass is 715 g/mol. The molecular formula is C24H35N3O16P2S. The molecule has 10 N–H and O–H groups in total. The van der Waals surface area contributed by atoms with Crippen molar-refractivity contribution in [2.75, 3.05) is 44.8 Å². The fraction of sp³-hybridized carbons (Fsp3) is 0.458. The minimum atomic E-state index is -4.98. The number of hydrogen-bond acceptors (Lipinski definition) is 13. The zero-order valence-electron chi connectivity index (χ0n) is 24.1. The van der Waals surface area contributed by atoms with Crippen LogP contribution in [0.25, 0.3) is 21.8 Å². The Morgan fingerprint density at radius 1 is 0.848 bits per heavy atom. The standard InChI is InChI=1S/C24H35N3O16P2S/c1-26-18-4-2-14(25-12-20(29)23(32)24(33)21(30)13-28)10-16(18)22(31)17-11-15(3-5-19(17)26)46(40,41)27(6-8-42-44(34,35)36)7-9-43-45(37,38)39/h2-5,10-11,20-21,23-25,28-30,32-33H,6-9,12-13H2,1H3,(H2,34,35,36)(H2,37,38,39)/t20-,21?,23?,24-/m1/s1. The zero-order chi connectivity index (χ0) is 34.6. The molecule has 19 nitrogen and oxygen atoms in total. The van der Waals surface area contributed by atoms with Gasteiger partial charge in [-0.1, -0.05) is 0 Å². The number of nitrogens with zero attached hydrogens (tertiary/aromatic N) is 2. The second kappa shape index (κ2) is 15.2. The van der Waals surface area contributed by atoms with Crippen molar-refractivity contribution in [2.45, 2.75) is 29.3 Å². The van der Waals surface area contributed by atoms with E-state index in [0.717, 1.165) is 6.07 Å². The van der Waals surface area contributed by atoms with Crippen LogP contribution in [0, 0.1) is 0 Å².